The van der Waals surface area contributed by atoms with Crippen molar-refractivity contribution in [3.8, 4) is 11.5 Å². The van der Waals surface area contributed by atoms with Gasteiger partial charge in [-0.1, -0.05) is 12.1 Å². The minimum atomic E-state index is 0.152. The Balaban J connectivity index is 2.59. The van der Waals surface area contributed by atoms with Crippen molar-refractivity contribution in [2.75, 3.05) is 26.7 Å². The van der Waals surface area contributed by atoms with Crippen molar-refractivity contribution in [3.05, 3.63) is 23.8 Å². The van der Waals surface area contributed by atoms with Crippen LogP contribution in [0.15, 0.2) is 23.2 Å². The molecule has 6 heteroatoms. The van der Waals surface area contributed by atoms with Gasteiger partial charge < -0.3 is 20.5 Å². The maximum Gasteiger partial charge on any atom is 0.191 e. The third-order valence-electron chi connectivity index (χ3n) is 4.27. The lowest BCUT2D eigenvalue weighted by Gasteiger charge is -2.30. The second kappa shape index (κ2) is 11.6. The highest BCUT2D eigenvalue weighted by Gasteiger charge is 2.12. The highest BCUT2D eigenvalue weighted by atomic mass is 16.5. The minimum absolute atomic E-state index is 0.152. The molecule has 1 aromatic rings. The fourth-order valence-corrected chi connectivity index (χ4v) is 2.95. The Kier molecular flexibility index (Phi) is 9.88. The van der Waals surface area contributed by atoms with Gasteiger partial charge >= 0.3 is 0 Å². The molecule has 0 saturated heterocycles. The van der Waals surface area contributed by atoms with E-state index in [0.717, 1.165) is 37.6 Å². The smallest absolute Gasteiger partial charge is 0.191 e. The van der Waals surface area contributed by atoms with Crippen LogP contribution in [0.5, 0.6) is 11.5 Å². The topological polar surface area (TPSA) is 69.1 Å². The fraction of sp³-hybridized carbons (Fsp3) is 0.650. The van der Waals surface area contributed by atoms with Crippen molar-refractivity contribution in [1.29, 1.82) is 0 Å². The number of benzene rings is 1. The standard InChI is InChI=1S/C20H36N4O2/c1-7-21-20(22-12-9-13-24(15(2)3)16(4)5)23-14-17-10-8-11-18(26-6)19(17)25/h8,10-11,15-16,25H,7,9,12-14H2,1-6H3,(H2,21,22,23). The van der Waals surface area contributed by atoms with Gasteiger partial charge in [-0.3, -0.25) is 4.90 Å². The molecule has 0 aliphatic rings. The lowest BCUT2D eigenvalue weighted by atomic mass is 10.2. The second-order valence-corrected chi connectivity index (χ2v) is 6.87. The van der Waals surface area contributed by atoms with Crippen molar-refractivity contribution in [1.82, 2.24) is 15.5 Å². The molecule has 0 amide bonds. The summed E-state index contributed by atoms with van der Waals surface area (Å²) in [6.45, 7) is 14.1. The highest BCUT2D eigenvalue weighted by Crippen LogP contribution is 2.29. The van der Waals surface area contributed by atoms with Crippen LogP contribution in [0, 0.1) is 0 Å². The molecule has 0 heterocycles. The normalized spacial score (nSPS) is 12.1. The number of hydrogen-bond donors (Lipinski definition) is 3. The summed E-state index contributed by atoms with van der Waals surface area (Å²) < 4.78 is 5.15. The van der Waals surface area contributed by atoms with Crippen LogP contribution in [-0.4, -0.2) is 54.8 Å². The number of methoxy groups -OCH3 is 1. The molecule has 6 nitrogen and oxygen atoms in total. The number of aliphatic imine (C=N–C) groups is 1. The summed E-state index contributed by atoms with van der Waals surface area (Å²) in [6.07, 6.45) is 1.05. The van der Waals surface area contributed by atoms with E-state index in [1.807, 2.05) is 19.1 Å². The van der Waals surface area contributed by atoms with E-state index in [1.54, 1.807) is 13.2 Å². The Morgan fingerprint density at radius 2 is 1.88 bits per heavy atom. The van der Waals surface area contributed by atoms with Crippen molar-refractivity contribution in [3.63, 3.8) is 0 Å². The van der Waals surface area contributed by atoms with Gasteiger partial charge in [0.15, 0.2) is 17.5 Å². The molecular weight excluding hydrogens is 328 g/mol. The van der Waals surface area contributed by atoms with Crippen LogP contribution in [0.4, 0.5) is 0 Å². The number of rotatable bonds is 10. The summed E-state index contributed by atoms with van der Waals surface area (Å²) in [6, 6.07) is 6.55. The highest BCUT2D eigenvalue weighted by molar-refractivity contribution is 5.79. The van der Waals surface area contributed by atoms with E-state index in [-0.39, 0.29) is 5.75 Å². The van der Waals surface area contributed by atoms with E-state index in [1.165, 1.54) is 0 Å². The van der Waals surface area contributed by atoms with E-state index < -0.39 is 0 Å². The van der Waals surface area contributed by atoms with Crippen LogP contribution in [0.1, 0.15) is 46.6 Å². The van der Waals surface area contributed by atoms with Gasteiger partial charge in [0, 0.05) is 37.3 Å². The van der Waals surface area contributed by atoms with Crippen LogP contribution in [-0.2, 0) is 6.54 Å². The first-order valence-electron chi connectivity index (χ1n) is 9.53. The van der Waals surface area contributed by atoms with Crippen molar-refractivity contribution < 1.29 is 9.84 Å². The van der Waals surface area contributed by atoms with Gasteiger partial charge in [0.1, 0.15) is 0 Å². The molecule has 0 bridgehead atoms. The van der Waals surface area contributed by atoms with E-state index in [2.05, 4.69) is 48.2 Å². The largest absolute Gasteiger partial charge is 0.504 e. The number of phenols is 1. The molecule has 3 N–H and O–H groups in total. The number of nitrogens with zero attached hydrogens (tertiary/aromatic N) is 2. The minimum Gasteiger partial charge on any atom is -0.504 e. The van der Waals surface area contributed by atoms with E-state index in [9.17, 15) is 5.11 Å². The maximum atomic E-state index is 10.2. The summed E-state index contributed by atoms with van der Waals surface area (Å²) in [5.41, 5.74) is 0.743. The summed E-state index contributed by atoms with van der Waals surface area (Å²) >= 11 is 0. The predicted octanol–water partition coefficient (Wildman–Crippen LogP) is 2.96. The SMILES string of the molecule is CCNC(=NCc1cccc(OC)c1O)NCCCN(C(C)C)C(C)C. The van der Waals surface area contributed by atoms with Crippen LogP contribution >= 0.6 is 0 Å². The van der Waals surface area contributed by atoms with Crippen molar-refractivity contribution >= 4 is 5.96 Å². The zero-order valence-electron chi connectivity index (χ0n) is 17.2. The van der Waals surface area contributed by atoms with Crippen molar-refractivity contribution in [2.24, 2.45) is 4.99 Å². The number of hydrogen-bond acceptors (Lipinski definition) is 4. The number of aromatic hydroxyl groups is 1. The molecule has 0 saturated carbocycles. The molecule has 0 aliphatic carbocycles. The molecule has 1 aromatic carbocycles. The van der Waals surface area contributed by atoms with Crippen LogP contribution in [0.25, 0.3) is 0 Å². The molecule has 0 radical (unpaired) electrons. The van der Waals surface area contributed by atoms with Gasteiger partial charge in [0.2, 0.25) is 0 Å². The molecule has 0 spiro atoms. The number of guanidine groups is 1. The van der Waals surface area contributed by atoms with Gasteiger partial charge in [-0.2, -0.15) is 0 Å². The fourth-order valence-electron chi connectivity index (χ4n) is 2.95. The predicted molar refractivity (Wildman–Crippen MR) is 109 cm³/mol. The number of nitrogens with one attached hydrogen (secondary N) is 2. The molecule has 0 aliphatic heterocycles. The average molecular weight is 365 g/mol. The van der Waals surface area contributed by atoms with Gasteiger partial charge in [-0.05, 0) is 47.1 Å². The second-order valence-electron chi connectivity index (χ2n) is 6.87. The first kappa shape index (κ1) is 22.1. The van der Waals surface area contributed by atoms with Gasteiger partial charge in [-0.15, -0.1) is 0 Å². The Hall–Kier alpha value is -1.95. The van der Waals surface area contributed by atoms with E-state index in [4.69, 9.17) is 4.74 Å². The molecule has 0 aromatic heterocycles. The third kappa shape index (κ3) is 7.12. The average Bonchev–Trinajstić information content (AvgIpc) is 2.59. The van der Waals surface area contributed by atoms with E-state index in [0.29, 0.717) is 24.4 Å². The lowest BCUT2D eigenvalue weighted by molar-refractivity contribution is 0.173. The molecular formula is C20H36N4O2. The Morgan fingerprint density at radius 1 is 1.19 bits per heavy atom. The number of phenolic OH excluding ortho intramolecular Hbond substituents is 1. The Labute approximate surface area is 158 Å². The molecule has 26 heavy (non-hydrogen) atoms. The van der Waals surface area contributed by atoms with Crippen LogP contribution in [0.2, 0.25) is 0 Å². The van der Waals surface area contributed by atoms with Crippen LogP contribution < -0.4 is 15.4 Å². The summed E-state index contributed by atoms with van der Waals surface area (Å²) in [5, 5.41) is 16.8. The Morgan fingerprint density at radius 3 is 2.46 bits per heavy atom. The first-order chi connectivity index (χ1) is 12.4. The summed E-state index contributed by atoms with van der Waals surface area (Å²) in [7, 11) is 1.55. The first-order valence-corrected chi connectivity index (χ1v) is 9.53. The summed E-state index contributed by atoms with van der Waals surface area (Å²) in [5.74, 6) is 1.38. The van der Waals surface area contributed by atoms with Gasteiger partial charge in [0.25, 0.3) is 0 Å². The zero-order chi connectivity index (χ0) is 19.5. The van der Waals surface area contributed by atoms with E-state index >= 15 is 0 Å². The lowest BCUT2D eigenvalue weighted by Crippen LogP contribution is -2.41. The maximum absolute atomic E-state index is 10.2. The van der Waals surface area contributed by atoms with Gasteiger partial charge in [-0.25, -0.2) is 4.99 Å². The zero-order valence-corrected chi connectivity index (χ0v) is 17.2. The quantitative estimate of drug-likeness (QED) is 0.338. The summed E-state index contributed by atoms with van der Waals surface area (Å²) in [4.78, 5) is 7.06. The number of ether oxygens (including phenoxy) is 1. The molecule has 1 rings (SSSR count). The monoisotopic (exact) mass is 364 g/mol. The molecule has 0 unspecified atom stereocenters. The Bertz CT molecular complexity index is 551. The molecule has 0 atom stereocenters. The third-order valence-corrected chi connectivity index (χ3v) is 4.27. The molecule has 0 fully saturated rings. The number of para-hydroxylation sites is 1. The van der Waals surface area contributed by atoms with Gasteiger partial charge in [0.05, 0.1) is 13.7 Å². The van der Waals surface area contributed by atoms with Crippen molar-refractivity contribution in [2.45, 2.75) is 59.7 Å². The molecule has 148 valence electrons. The van der Waals surface area contributed by atoms with Crippen LogP contribution in [0.3, 0.4) is 0 Å².